The quantitative estimate of drug-likeness (QED) is 0.778. The number of nitrogens with zero attached hydrogens (tertiary/aromatic N) is 1. The van der Waals surface area contributed by atoms with Gasteiger partial charge in [-0.15, -0.1) is 6.42 Å². The second-order valence-corrected chi connectivity index (χ2v) is 6.17. The molecule has 102 valence electrons. The molecule has 1 aliphatic heterocycles. The number of fused-ring (bicyclic) bond motifs is 1. The SMILES string of the molecule is C#CC1(O)CC(C)N(CCCC)C2CCCCC21. The zero-order chi connectivity index (χ0) is 13.2. The van der Waals surface area contributed by atoms with Crippen LogP contribution in [0.4, 0.5) is 0 Å². The summed E-state index contributed by atoms with van der Waals surface area (Å²) in [5.74, 6) is 3.01. The summed E-state index contributed by atoms with van der Waals surface area (Å²) in [5.41, 5.74) is -0.854. The molecule has 1 saturated heterocycles. The van der Waals surface area contributed by atoms with E-state index in [1.165, 1.54) is 38.6 Å². The maximum Gasteiger partial charge on any atom is 0.131 e. The molecule has 2 nitrogen and oxygen atoms in total. The van der Waals surface area contributed by atoms with Crippen molar-refractivity contribution < 1.29 is 5.11 Å². The highest BCUT2D eigenvalue weighted by Gasteiger charge is 2.49. The first-order valence-corrected chi connectivity index (χ1v) is 7.58. The van der Waals surface area contributed by atoms with Gasteiger partial charge in [0.1, 0.15) is 5.60 Å². The molecule has 0 aromatic rings. The lowest BCUT2D eigenvalue weighted by molar-refractivity contribution is -0.100. The van der Waals surface area contributed by atoms with Crippen LogP contribution in [0, 0.1) is 18.3 Å². The number of unbranched alkanes of at least 4 members (excludes halogenated alkanes) is 1. The normalized spacial score (nSPS) is 41.1. The van der Waals surface area contributed by atoms with Gasteiger partial charge in [-0.25, -0.2) is 0 Å². The van der Waals surface area contributed by atoms with E-state index in [-0.39, 0.29) is 0 Å². The predicted molar refractivity (Wildman–Crippen MR) is 75.2 cm³/mol. The third-order valence-corrected chi connectivity index (χ3v) is 4.96. The van der Waals surface area contributed by atoms with E-state index in [4.69, 9.17) is 6.42 Å². The number of likely N-dealkylation sites (tertiary alicyclic amines) is 1. The molecule has 4 unspecified atom stereocenters. The average Bonchev–Trinajstić information content (AvgIpc) is 2.38. The van der Waals surface area contributed by atoms with Crippen molar-refractivity contribution in [3.05, 3.63) is 0 Å². The highest BCUT2D eigenvalue weighted by molar-refractivity contribution is 5.17. The van der Waals surface area contributed by atoms with Gasteiger partial charge in [0.05, 0.1) is 0 Å². The van der Waals surface area contributed by atoms with Crippen LogP contribution in [0.3, 0.4) is 0 Å². The van der Waals surface area contributed by atoms with Gasteiger partial charge in [0.15, 0.2) is 0 Å². The van der Waals surface area contributed by atoms with Crippen LogP contribution in [-0.4, -0.2) is 34.2 Å². The van der Waals surface area contributed by atoms with Crippen molar-refractivity contribution in [2.75, 3.05) is 6.54 Å². The summed E-state index contributed by atoms with van der Waals surface area (Å²) in [6, 6.07) is 0.923. The molecule has 2 fully saturated rings. The second-order valence-electron chi connectivity index (χ2n) is 6.17. The van der Waals surface area contributed by atoms with Crippen molar-refractivity contribution >= 4 is 0 Å². The van der Waals surface area contributed by atoms with Crippen molar-refractivity contribution in [3.8, 4) is 12.3 Å². The van der Waals surface area contributed by atoms with Crippen LogP contribution in [0.5, 0.6) is 0 Å². The standard InChI is InChI=1S/C16H27NO/c1-4-6-11-17-13(3)12-16(18,5-2)14-9-7-8-10-15(14)17/h2,13-15,18H,4,6-12H2,1,3H3. The Morgan fingerprint density at radius 3 is 2.78 bits per heavy atom. The van der Waals surface area contributed by atoms with E-state index in [0.29, 0.717) is 18.0 Å². The van der Waals surface area contributed by atoms with Gasteiger partial charge in [-0.1, -0.05) is 32.1 Å². The summed E-state index contributed by atoms with van der Waals surface area (Å²) in [7, 11) is 0. The van der Waals surface area contributed by atoms with Crippen molar-refractivity contribution in [2.45, 2.75) is 76.5 Å². The molecule has 1 N–H and O–H groups in total. The molecule has 0 aromatic carbocycles. The van der Waals surface area contributed by atoms with Crippen LogP contribution in [0.1, 0.15) is 58.8 Å². The number of aliphatic hydroxyl groups is 1. The van der Waals surface area contributed by atoms with Gasteiger partial charge in [-0.3, -0.25) is 4.90 Å². The topological polar surface area (TPSA) is 23.5 Å². The first kappa shape index (κ1) is 13.9. The Morgan fingerprint density at radius 2 is 2.11 bits per heavy atom. The molecule has 2 rings (SSSR count). The monoisotopic (exact) mass is 249 g/mol. The third kappa shape index (κ3) is 2.44. The van der Waals surface area contributed by atoms with Gasteiger partial charge in [-0.05, 0) is 32.7 Å². The second kappa shape index (κ2) is 5.63. The minimum absolute atomic E-state index is 0.296. The Balaban J connectivity index is 2.18. The smallest absolute Gasteiger partial charge is 0.131 e. The Bertz CT molecular complexity index is 322. The Morgan fingerprint density at radius 1 is 1.39 bits per heavy atom. The van der Waals surface area contributed by atoms with Crippen LogP contribution in [0.15, 0.2) is 0 Å². The van der Waals surface area contributed by atoms with Crippen molar-refractivity contribution in [1.29, 1.82) is 0 Å². The van der Waals surface area contributed by atoms with Crippen LogP contribution in [0.25, 0.3) is 0 Å². The van der Waals surface area contributed by atoms with Crippen LogP contribution in [0.2, 0.25) is 0 Å². The Hall–Kier alpha value is -0.520. The maximum absolute atomic E-state index is 10.7. The fourth-order valence-electron chi connectivity index (χ4n) is 4.00. The molecule has 4 atom stereocenters. The minimum Gasteiger partial charge on any atom is -0.377 e. The maximum atomic E-state index is 10.7. The molecule has 1 heterocycles. The number of piperidine rings is 1. The number of terminal acetylenes is 1. The van der Waals surface area contributed by atoms with Gasteiger partial charge in [0.2, 0.25) is 0 Å². The van der Waals surface area contributed by atoms with E-state index in [1.54, 1.807) is 0 Å². The molecule has 0 spiro atoms. The van der Waals surface area contributed by atoms with Crippen molar-refractivity contribution in [3.63, 3.8) is 0 Å². The van der Waals surface area contributed by atoms with Crippen molar-refractivity contribution in [2.24, 2.45) is 5.92 Å². The zero-order valence-electron chi connectivity index (χ0n) is 11.9. The highest BCUT2D eigenvalue weighted by Crippen LogP contribution is 2.43. The lowest BCUT2D eigenvalue weighted by Crippen LogP contribution is -2.61. The zero-order valence-corrected chi connectivity index (χ0v) is 11.9. The van der Waals surface area contributed by atoms with Gasteiger partial charge in [0.25, 0.3) is 0 Å². The molecule has 18 heavy (non-hydrogen) atoms. The number of hydrogen-bond donors (Lipinski definition) is 1. The summed E-state index contributed by atoms with van der Waals surface area (Å²) in [6.45, 7) is 5.63. The van der Waals surface area contributed by atoms with E-state index in [0.717, 1.165) is 12.8 Å². The Labute approximate surface area is 112 Å². The first-order chi connectivity index (χ1) is 8.62. The lowest BCUT2D eigenvalue weighted by atomic mass is 9.67. The van der Waals surface area contributed by atoms with Gasteiger partial charge in [-0.2, -0.15) is 0 Å². The summed E-state index contributed by atoms with van der Waals surface area (Å²) >= 11 is 0. The summed E-state index contributed by atoms with van der Waals surface area (Å²) in [6.07, 6.45) is 13.7. The van der Waals surface area contributed by atoms with Gasteiger partial charge < -0.3 is 5.11 Å². The van der Waals surface area contributed by atoms with Crippen molar-refractivity contribution in [1.82, 2.24) is 4.90 Å². The van der Waals surface area contributed by atoms with Crippen LogP contribution in [-0.2, 0) is 0 Å². The summed E-state index contributed by atoms with van der Waals surface area (Å²) in [4.78, 5) is 2.62. The fraction of sp³-hybridized carbons (Fsp3) is 0.875. The van der Waals surface area contributed by atoms with E-state index in [9.17, 15) is 5.11 Å². The molecular formula is C16H27NO. The Kier molecular flexibility index (Phi) is 4.35. The van der Waals surface area contributed by atoms with E-state index >= 15 is 0 Å². The van der Waals surface area contributed by atoms with Gasteiger partial charge >= 0.3 is 0 Å². The average molecular weight is 249 g/mol. The molecule has 0 aromatic heterocycles. The van der Waals surface area contributed by atoms with Crippen LogP contribution < -0.4 is 0 Å². The largest absolute Gasteiger partial charge is 0.377 e. The van der Waals surface area contributed by atoms with E-state index in [2.05, 4.69) is 24.7 Å². The third-order valence-electron chi connectivity index (χ3n) is 4.96. The predicted octanol–water partition coefficient (Wildman–Crippen LogP) is 2.80. The lowest BCUT2D eigenvalue weighted by Gasteiger charge is -2.53. The first-order valence-electron chi connectivity index (χ1n) is 7.58. The summed E-state index contributed by atoms with van der Waals surface area (Å²) < 4.78 is 0. The molecule has 2 aliphatic rings. The minimum atomic E-state index is -0.854. The molecular weight excluding hydrogens is 222 g/mol. The molecule has 0 radical (unpaired) electrons. The molecule has 2 heteroatoms. The van der Waals surface area contributed by atoms with E-state index < -0.39 is 5.60 Å². The van der Waals surface area contributed by atoms with Gasteiger partial charge in [0, 0.05) is 24.4 Å². The van der Waals surface area contributed by atoms with E-state index in [1.807, 2.05) is 0 Å². The fourth-order valence-corrected chi connectivity index (χ4v) is 4.00. The molecule has 1 aliphatic carbocycles. The molecule has 0 bridgehead atoms. The molecule has 1 saturated carbocycles. The number of rotatable bonds is 3. The molecule has 0 amide bonds. The summed E-state index contributed by atoms with van der Waals surface area (Å²) in [5, 5.41) is 10.7. The highest BCUT2D eigenvalue weighted by atomic mass is 16.3. The number of hydrogen-bond acceptors (Lipinski definition) is 2. The van der Waals surface area contributed by atoms with Crippen LogP contribution >= 0.6 is 0 Å².